The highest BCUT2D eigenvalue weighted by Crippen LogP contribution is 2.01. The molecule has 0 bridgehead atoms. The largest absolute Gasteiger partial charge is 0.372 e. The number of nitrogens with one attached hydrogen (secondary N) is 2. The molecule has 0 aliphatic heterocycles. The van der Waals surface area contributed by atoms with Gasteiger partial charge in [-0.2, -0.15) is 4.98 Å². The number of carbonyl (C=O) groups excluding carboxylic acids is 1. The third kappa shape index (κ3) is 3.47. The van der Waals surface area contributed by atoms with Crippen LogP contribution in [0.3, 0.4) is 0 Å². The summed E-state index contributed by atoms with van der Waals surface area (Å²) >= 11 is 0. The zero-order chi connectivity index (χ0) is 13.7. The second kappa shape index (κ2) is 5.89. The first kappa shape index (κ1) is 12.9. The lowest BCUT2D eigenvalue weighted by Crippen LogP contribution is -2.26. The molecule has 8 nitrogen and oxygen atoms in total. The molecule has 0 atom stereocenters. The first-order valence-electron chi connectivity index (χ1n) is 5.78. The number of hydrogen-bond donors (Lipinski definition) is 2. The van der Waals surface area contributed by atoms with E-state index in [1.165, 1.54) is 0 Å². The highest BCUT2D eigenvalue weighted by Gasteiger charge is 2.08. The molecule has 0 aliphatic carbocycles. The molecule has 0 unspecified atom stereocenters. The summed E-state index contributed by atoms with van der Waals surface area (Å²) in [6, 6.07) is 3.29. The molecule has 0 aliphatic rings. The quantitative estimate of drug-likeness (QED) is 0.791. The highest BCUT2D eigenvalue weighted by atomic mass is 16.5. The molecule has 0 fully saturated rings. The molecule has 2 heterocycles. The lowest BCUT2D eigenvalue weighted by atomic mass is 10.3. The standard InChI is InChI=1S/C11H14N6O2/c1-7-14-10(19-17-7)5-6-13-11(18)8-3-4-9(12-2)16-15-8/h3-4H,5-6H2,1-2H3,(H,12,16)(H,13,18). The van der Waals surface area contributed by atoms with Crippen molar-refractivity contribution >= 4 is 11.7 Å². The van der Waals surface area contributed by atoms with E-state index in [-0.39, 0.29) is 11.6 Å². The van der Waals surface area contributed by atoms with Crippen molar-refractivity contribution in [2.24, 2.45) is 0 Å². The van der Waals surface area contributed by atoms with E-state index in [4.69, 9.17) is 4.52 Å². The van der Waals surface area contributed by atoms with E-state index in [2.05, 4.69) is 31.0 Å². The topological polar surface area (TPSA) is 106 Å². The number of nitrogens with zero attached hydrogens (tertiary/aromatic N) is 4. The molecule has 2 aromatic rings. The SMILES string of the molecule is CNc1ccc(C(=O)NCCc2nc(C)no2)nn1. The lowest BCUT2D eigenvalue weighted by molar-refractivity contribution is 0.0947. The van der Waals surface area contributed by atoms with Gasteiger partial charge in [-0.25, -0.2) is 0 Å². The molecule has 19 heavy (non-hydrogen) atoms. The fourth-order valence-corrected chi connectivity index (χ4v) is 1.40. The zero-order valence-electron chi connectivity index (χ0n) is 10.7. The monoisotopic (exact) mass is 262 g/mol. The normalized spacial score (nSPS) is 10.2. The van der Waals surface area contributed by atoms with Crippen LogP contribution in [0, 0.1) is 6.92 Å². The Hall–Kier alpha value is -2.51. The number of aromatic nitrogens is 4. The van der Waals surface area contributed by atoms with Gasteiger partial charge in [0, 0.05) is 20.0 Å². The van der Waals surface area contributed by atoms with Crippen molar-refractivity contribution in [1.29, 1.82) is 0 Å². The highest BCUT2D eigenvalue weighted by molar-refractivity contribution is 5.92. The molecule has 0 saturated carbocycles. The Labute approximate surface area is 109 Å². The Morgan fingerprint density at radius 3 is 2.79 bits per heavy atom. The van der Waals surface area contributed by atoms with Crippen LogP contribution in [-0.4, -0.2) is 39.8 Å². The summed E-state index contributed by atoms with van der Waals surface area (Å²) in [7, 11) is 1.73. The summed E-state index contributed by atoms with van der Waals surface area (Å²) in [6.07, 6.45) is 0.481. The fraction of sp³-hybridized carbons (Fsp3) is 0.364. The smallest absolute Gasteiger partial charge is 0.271 e. The van der Waals surface area contributed by atoms with Gasteiger partial charge in [0.15, 0.2) is 11.5 Å². The molecule has 1 amide bonds. The number of rotatable bonds is 5. The van der Waals surface area contributed by atoms with Gasteiger partial charge in [-0.15, -0.1) is 10.2 Å². The molecule has 0 spiro atoms. The molecule has 0 saturated heterocycles. The molecule has 2 rings (SSSR count). The number of carbonyl (C=O) groups is 1. The van der Waals surface area contributed by atoms with Crippen LogP contribution in [0.4, 0.5) is 5.82 Å². The minimum absolute atomic E-state index is 0.265. The number of aryl methyl sites for hydroxylation is 1. The van der Waals surface area contributed by atoms with Crippen molar-refractivity contribution in [2.45, 2.75) is 13.3 Å². The van der Waals surface area contributed by atoms with Gasteiger partial charge in [-0.1, -0.05) is 5.16 Å². The molecule has 0 aromatic carbocycles. The first-order chi connectivity index (χ1) is 9.19. The van der Waals surface area contributed by atoms with Gasteiger partial charge in [-0.3, -0.25) is 4.79 Å². The van der Waals surface area contributed by atoms with Crippen molar-refractivity contribution in [1.82, 2.24) is 25.7 Å². The van der Waals surface area contributed by atoms with E-state index in [1.54, 1.807) is 26.1 Å². The number of hydrogen-bond acceptors (Lipinski definition) is 7. The van der Waals surface area contributed by atoms with Crippen molar-refractivity contribution in [3.8, 4) is 0 Å². The van der Waals surface area contributed by atoms with Gasteiger partial charge >= 0.3 is 0 Å². The second-order valence-corrected chi connectivity index (χ2v) is 3.80. The first-order valence-corrected chi connectivity index (χ1v) is 5.78. The van der Waals surface area contributed by atoms with E-state index >= 15 is 0 Å². The molecule has 8 heteroatoms. The maximum atomic E-state index is 11.7. The van der Waals surface area contributed by atoms with Crippen molar-refractivity contribution in [3.63, 3.8) is 0 Å². The summed E-state index contributed by atoms with van der Waals surface area (Å²) in [5, 5.41) is 16.8. The molecule has 2 N–H and O–H groups in total. The average molecular weight is 262 g/mol. The van der Waals surface area contributed by atoms with Gasteiger partial charge in [0.2, 0.25) is 5.89 Å². The summed E-state index contributed by atoms with van der Waals surface area (Å²) in [5.41, 5.74) is 0.265. The van der Waals surface area contributed by atoms with E-state index in [0.717, 1.165) is 0 Å². The average Bonchev–Trinajstić information content (AvgIpc) is 2.84. The maximum Gasteiger partial charge on any atom is 0.271 e. The van der Waals surface area contributed by atoms with Crippen molar-refractivity contribution in [3.05, 3.63) is 29.5 Å². The predicted octanol–water partition coefficient (Wildman–Crippen LogP) is 0.182. The van der Waals surface area contributed by atoms with Crippen LogP contribution in [-0.2, 0) is 6.42 Å². The molecule has 0 radical (unpaired) electrons. The maximum absolute atomic E-state index is 11.7. The Kier molecular flexibility index (Phi) is 4.01. The lowest BCUT2D eigenvalue weighted by Gasteiger charge is -2.03. The minimum atomic E-state index is -0.286. The fourth-order valence-electron chi connectivity index (χ4n) is 1.40. The van der Waals surface area contributed by atoms with E-state index in [9.17, 15) is 4.79 Å². The van der Waals surface area contributed by atoms with E-state index < -0.39 is 0 Å². The van der Waals surface area contributed by atoms with Gasteiger partial charge < -0.3 is 15.2 Å². The number of anilines is 1. The van der Waals surface area contributed by atoms with Crippen molar-refractivity contribution < 1.29 is 9.32 Å². The zero-order valence-corrected chi connectivity index (χ0v) is 10.7. The molecule has 2 aromatic heterocycles. The van der Waals surface area contributed by atoms with Gasteiger partial charge in [0.1, 0.15) is 5.82 Å². The number of amides is 1. The summed E-state index contributed by atoms with van der Waals surface area (Å²) in [6.45, 7) is 2.14. The molecule has 100 valence electrons. The van der Waals surface area contributed by atoms with Crippen LogP contribution in [0.2, 0.25) is 0 Å². The third-order valence-electron chi connectivity index (χ3n) is 2.35. The molecular weight excluding hydrogens is 248 g/mol. The van der Waals surface area contributed by atoms with Crippen LogP contribution in [0.15, 0.2) is 16.7 Å². The second-order valence-electron chi connectivity index (χ2n) is 3.80. The van der Waals surface area contributed by atoms with Crippen LogP contribution in [0.25, 0.3) is 0 Å². The van der Waals surface area contributed by atoms with Crippen molar-refractivity contribution in [2.75, 3.05) is 18.9 Å². The van der Waals surface area contributed by atoms with E-state index in [1.807, 2.05) is 0 Å². The van der Waals surface area contributed by atoms with E-state index in [0.29, 0.717) is 30.5 Å². The summed E-state index contributed by atoms with van der Waals surface area (Å²) < 4.78 is 4.93. The minimum Gasteiger partial charge on any atom is -0.372 e. The van der Waals surface area contributed by atoms with Crippen LogP contribution in [0.5, 0.6) is 0 Å². The van der Waals surface area contributed by atoms with Crippen LogP contribution in [0.1, 0.15) is 22.2 Å². The Bertz CT molecular complexity index is 551. The van der Waals surface area contributed by atoms with Gasteiger partial charge in [-0.05, 0) is 19.1 Å². The Balaban J connectivity index is 1.83. The third-order valence-corrected chi connectivity index (χ3v) is 2.35. The summed E-state index contributed by atoms with van der Waals surface area (Å²) in [4.78, 5) is 15.8. The Morgan fingerprint density at radius 1 is 1.37 bits per heavy atom. The van der Waals surface area contributed by atoms with Crippen LogP contribution >= 0.6 is 0 Å². The van der Waals surface area contributed by atoms with Crippen LogP contribution < -0.4 is 10.6 Å². The predicted molar refractivity (Wildman–Crippen MR) is 66.7 cm³/mol. The van der Waals surface area contributed by atoms with Gasteiger partial charge in [0.25, 0.3) is 5.91 Å². The summed E-state index contributed by atoms with van der Waals surface area (Å²) in [5.74, 6) is 1.40. The molecular formula is C11H14N6O2. The Morgan fingerprint density at radius 2 is 2.21 bits per heavy atom. The van der Waals surface area contributed by atoms with Gasteiger partial charge in [0.05, 0.1) is 0 Å².